The molecule has 21 heavy (non-hydrogen) atoms. The fourth-order valence-electron chi connectivity index (χ4n) is 1.68. The van der Waals surface area contributed by atoms with Crippen molar-refractivity contribution >= 4 is 29.2 Å². The number of phenolic OH excluding ortho intramolecular Hbond substituents is 1. The molecule has 0 atom stereocenters. The molecule has 2 rings (SSSR count). The number of carbonyl (C=O) groups excluding carboxylic acids is 1. The summed E-state index contributed by atoms with van der Waals surface area (Å²) in [5.41, 5.74) is 0.917. The number of rotatable bonds is 4. The number of benzene rings is 2. The van der Waals surface area contributed by atoms with Crippen molar-refractivity contribution in [2.75, 3.05) is 7.11 Å². The molecule has 0 unspecified atom stereocenters. The van der Waals surface area contributed by atoms with Gasteiger partial charge in [0.05, 0.1) is 17.2 Å². The Morgan fingerprint density at radius 3 is 2.52 bits per heavy atom. The summed E-state index contributed by atoms with van der Waals surface area (Å²) in [5, 5.41) is 10.7. The molecule has 0 saturated carbocycles. The first-order valence-corrected chi connectivity index (χ1v) is 6.75. The molecule has 4 nitrogen and oxygen atoms in total. The monoisotopic (exact) mass is 326 g/mol. The van der Waals surface area contributed by atoms with E-state index in [2.05, 4.69) is 4.74 Å². The predicted molar refractivity (Wildman–Crippen MR) is 80.2 cm³/mol. The van der Waals surface area contributed by atoms with Gasteiger partial charge in [0, 0.05) is 6.07 Å². The van der Waals surface area contributed by atoms with Gasteiger partial charge in [0.15, 0.2) is 0 Å². The third kappa shape index (κ3) is 3.80. The third-order valence-electron chi connectivity index (χ3n) is 2.76. The minimum absolute atomic E-state index is 0.0828. The van der Waals surface area contributed by atoms with E-state index >= 15 is 0 Å². The summed E-state index contributed by atoms with van der Waals surface area (Å²) in [6.07, 6.45) is 0. The standard InChI is InChI=1S/C15H12Cl2O4/c1-20-15(19)11-4-3-10(7-14(11)18)21-8-9-2-5-12(16)13(17)6-9/h2-7,18H,8H2,1H3. The Bertz CT molecular complexity index is 671. The maximum absolute atomic E-state index is 11.3. The molecule has 0 bridgehead atoms. The first kappa shape index (κ1) is 15.5. The van der Waals surface area contributed by atoms with Gasteiger partial charge in [0.2, 0.25) is 0 Å². The Kier molecular flexibility index (Phi) is 4.94. The Balaban J connectivity index is 2.08. The smallest absolute Gasteiger partial charge is 0.341 e. The van der Waals surface area contributed by atoms with Crippen LogP contribution < -0.4 is 4.74 Å². The molecule has 0 fully saturated rings. The highest BCUT2D eigenvalue weighted by molar-refractivity contribution is 6.42. The van der Waals surface area contributed by atoms with E-state index in [1.54, 1.807) is 24.3 Å². The summed E-state index contributed by atoms with van der Waals surface area (Å²) in [6, 6.07) is 9.53. The van der Waals surface area contributed by atoms with Crippen LogP contribution in [0.2, 0.25) is 10.0 Å². The molecule has 2 aromatic rings. The summed E-state index contributed by atoms with van der Waals surface area (Å²) < 4.78 is 10.1. The van der Waals surface area contributed by atoms with Gasteiger partial charge in [-0.3, -0.25) is 0 Å². The van der Waals surface area contributed by atoms with Crippen LogP contribution in [0.15, 0.2) is 36.4 Å². The number of phenols is 1. The average molecular weight is 327 g/mol. The van der Waals surface area contributed by atoms with E-state index in [1.165, 1.54) is 19.2 Å². The molecule has 0 aliphatic heterocycles. The van der Waals surface area contributed by atoms with E-state index in [1.807, 2.05) is 0 Å². The van der Waals surface area contributed by atoms with Gasteiger partial charge in [-0.15, -0.1) is 0 Å². The van der Waals surface area contributed by atoms with Gasteiger partial charge in [-0.05, 0) is 29.8 Å². The Hall–Kier alpha value is -1.91. The van der Waals surface area contributed by atoms with Gasteiger partial charge in [-0.1, -0.05) is 29.3 Å². The van der Waals surface area contributed by atoms with Crippen LogP contribution in [0.5, 0.6) is 11.5 Å². The number of aromatic hydroxyl groups is 1. The second-order valence-electron chi connectivity index (χ2n) is 4.21. The number of methoxy groups -OCH3 is 1. The molecular formula is C15H12Cl2O4. The molecule has 0 aromatic heterocycles. The van der Waals surface area contributed by atoms with E-state index in [-0.39, 0.29) is 17.9 Å². The second-order valence-corrected chi connectivity index (χ2v) is 5.02. The summed E-state index contributed by atoms with van der Waals surface area (Å²) >= 11 is 11.7. The van der Waals surface area contributed by atoms with Crippen LogP contribution in [-0.4, -0.2) is 18.2 Å². The van der Waals surface area contributed by atoms with Gasteiger partial charge in [-0.25, -0.2) is 4.79 Å². The highest BCUT2D eigenvalue weighted by atomic mass is 35.5. The van der Waals surface area contributed by atoms with Crippen LogP contribution in [0.1, 0.15) is 15.9 Å². The third-order valence-corrected chi connectivity index (χ3v) is 3.50. The first-order chi connectivity index (χ1) is 10.0. The fraction of sp³-hybridized carbons (Fsp3) is 0.133. The molecule has 110 valence electrons. The van der Waals surface area contributed by atoms with Gasteiger partial charge in [-0.2, -0.15) is 0 Å². The van der Waals surface area contributed by atoms with E-state index in [0.29, 0.717) is 15.8 Å². The SMILES string of the molecule is COC(=O)c1ccc(OCc2ccc(Cl)c(Cl)c2)cc1O. The van der Waals surface area contributed by atoms with Crippen molar-refractivity contribution in [1.29, 1.82) is 0 Å². The highest BCUT2D eigenvalue weighted by Crippen LogP contribution is 2.26. The second kappa shape index (κ2) is 6.70. The zero-order valence-corrected chi connectivity index (χ0v) is 12.6. The topological polar surface area (TPSA) is 55.8 Å². The summed E-state index contributed by atoms with van der Waals surface area (Å²) in [7, 11) is 1.25. The van der Waals surface area contributed by atoms with Crippen molar-refractivity contribution in [2.24, 2.45) is 0 Å². The average Bonchev–Trinajstić information content (AvgIpc) is 2.48. The lowest BCUT2D eigenvalue weighted by atomic mass is 10.2. The maximum Gasteiger partial charge on any atom is 0.341 e. The van der Waals surface area contributed by atoms with Crippen LogP contribution in [-0.2, 0) is 11.3 Å². The minimum atomic E-state index is -0.608. The van der Waals surface area contributed by atoms with Crippen molar-refractivity contribution in [3.63, 3.8) is 0 Å². The zero-order chi connectivity index (χ0) is 15.4. The van der Waals surface area contributed by atoms with Gasteiger partial charge in [0.1, 0.15) is 23.7 Å². The van der Waals surface area contributed by atoms with Crippen LogP contribution in [0.25, 0.3) is 0 Å². The van der Waals surface area contributed by atoms with E-state index < -0.39 is 5.97 Å². The molecule has 1 N–H and O–H groups in total. The molecule has 0 spiro atoms. The maximum atomic E-state index is 11.3. The number of hydrogen-bond donors (Lipinski definition) is 1. The van der Waals surface area contributed by atoms with Crippen molar-refractivity contribution in [2.45, 2.75) is 6.61 Å². The van der Waals surface area contributed by atoms with Gasteiger partial charge < -0.3 is 14.6 Å². The largest absolute Gasteiger partial charge is 0.507 e. The molecule has 2 aromatic carbocycles. The van der Waals surface area contributed by atoms with Crippen LogP contribution in [0.4, 0.5) is 0 Å². The predicted octanol–water partition coefficient (Wildman–Crippen LogP) is 4.06. The lowest BCUT2D eigenvalue weighted by Gasteiger charge is -2.09. The summed E-state index contributed by atoms with van der Waals surface area (Å²) in [4.78, 5) is 11.3. The lowest BCUT2D eigenvalue weighted by Crippen LogP contribution is -2.02. The Morgan fingerprint density at radius 2 is 1.90 bits per heavy atom. The normalized spacial score (nSPS) is 10.2. The molecule has 0 aliphatic rings. The number of halogens is 2. The molecule has 0 amide bonds. The lowest BCUT2D eigenvalue weighted by molar-refractivity contribution is 0.0597. The Morgan fingerprint density at radius 1 is 1.14 bits per heavy atom. The van der Waals surface area contributed by atoms with Crippen molar-refractivity contribution in [3.05, 3.63) is 57.6 Å². The van der Waals surface area contributed by atoms with E-state index in [9.17, 15) is 9.90 Å². The van der Waals surface area contributed by atoms with Crippen molar-refractivity contribution in [1.82, 2.24) is 0 Å². The quantitative estimate of drug-likeness (QED) is 0.860. The zero-order valence-electron chi connectivity index (χ0n) is 11.1. The number of hydrogen-bond acceptors (Lipinski definition) is 4. The molecular weight excluding hydrogens is 315 g/mol. The molecule has 0 saturated heterocycles. The molecule has 0 heterocycles. The number of esters is 1. The van der Waals surface area contributed by atoms with E-state index in [0.717, 1.165) is 5.56 Å². The van der Waals surface area contributed by atoms with Gasteiger partial charge >= 0.3 is 5.97 Å². The van der Waals surface area contributed by atoms with Crippen LogP contribution >= 0.6 is 23.2 Å². The molecule has 0 radical (unpaired) electrons. The fourth-order valence-corrected chi connectivity index (χ4v) is 2.00. The molecule has 0 aliphatic carbocycles. The highest BCUT2D eigenvalue weighted by Gasteiger charge is 2.12. The van der Waals surface area contributed by atoms with E-state index in [4.69, 9.17) is 27.9 Å². The van der Waals surface area contributed by atoms with Crippen molar-refractivity contribution < 1.29 is 19.4 Å². The number of carbonyl (C=O) groups is 1. The first-order valence-electron chi connectivity index (χ1n) is 5.99. The molecule has 6 heteroatoms. The van der Waals surface area contributed by atoms with Crippen molar-refractivity contribution in [3.8, 4) is 11.5 Å². The van der Waals surface area contributed by atoms with Crippen LogP contribution in [0.3, 0.4) is 0 Å². The summed E-state index contributed by atoms with van der Waals surface area (Å²) in [6.45, 7) is 0.258. The summed E-state index contributed by atoms with van der Waals surface area (Å²) in [5.74, 6) is -0.386. The van der Waals surface area contributed by atoms with Gasteiger partial charge in [0.25, 0.3) is 0 Å². The Labute approximate surface area is 131 Å². The van der Waals surface area contributed by atoms with Crippen LogP contribution in [0, 0.1) is 0 Å². The minimum Gasteiger partial charge on any atom is -0.507 e. The number of ether oxygens (including phenoxy) is 2.